The smallest absolute Gasteiger partial charge is 0.273 e. The van der Waals surface area contributed by atoms with Gasteiger partial charge in [-0.25, -0.2) is 8.42 Å². The van der Waals surface area contributed by atoms with Crippen molar-refractivity contribution in [1.82, 2.24) is 0 Å². The van der Waals surface area contributed by atoms with Crippen molar-refractivity contribution in [3.63, 3.8) is 0 Å². The van der Waals surface area contributed by atoms with Crippen LogP contribution in [0.5, 0.6) is 0 Å². The highest BCUT2D eigenvalue weighted by atomic mass is 32.2. The molecule has 8 nitrogen and oxygen atoms in total. The zero-order valence-electron chi connectivity index (χ0n) is 14.7. The maximum Gasteiger partial charge on any atom is 0.273 e. The second-order valence-electron chi connectivity index (χ2n) is 6.30. The molecule has 0 aliphatic carbocycles. The first-order valence-corrected chi connectivity index (χ1v) is 10.1. The maximum atomic E-state index is 12.5. The van der Waals surface area contributed by atoms with E-state index in [1.54, 1.807) is 24.3 Å². The second-order valence-corrected chi connectivity index (χ2v) is 8.32. The average Bonchev–Trinajstić information content (AvgIpc) is 2.62. The Morgan fingerprint density at radius 3 is 2.48 bits per heavy atom. The zero-order chi connectivity index (χ0) is 19.6. The van der Waals surface area contributed by atoms with E-state index < -0.39 is 20.9 Å². The number of nitrogens with zero attached hydrogens (tertiary/aromatic N) is 2. The number of benzene rings is 2. The molecule has 1 aliphatic rings. The summed E-state index contributed by atoms with van der Waals surface area (Å²) in [5.74, 6) is -0.327. The van der Waals surface area contributed by atoms with Gasteiger partial charge in [-0.3, -0.25) is 19.2 Å². The van der Waals surface area contributed by atoms with Crippen molar-refractivity contribution in [2.75, 3.05) is 21.9 Å². The van der Waals surface area contributed by atoms with E-state index in [1.165, 1.54) is 29.4 Å². The van der Waals surface area contributed by atoms with Gasteiger partial charge in [-0.2, -0.15) is 0 Å². The van der Waals surface area contributed by atoms with E-state index >= 15 is 0 Å². The fourth-order valence-electron chi connectivity index (χ4n) is 3.06. The standard InChI is InChI=1S/C18H19N3O5S/c1-13-16(5-4-6-17(13)21(23)24)18(22)19-14-7-9-15(10-8-14)20-11-2-3-12-27(20,25)26/h4-10H,2-3,11-12H2,1H3,(H,19,22). The van der Waals surface area contributed by atoms with Crippen LogP contribution in [-0.2, 0) is 10.0 Å². The maximum absolute atomic E-state index is 12.5. The number of sulfonamides is 1. The van der Waals surface area contributed by atoms with Gasteiger partial charge in [0.2, 0.25) is 10.0 Å². The average molecular weight is 389 g/mol. The van der Waals surface area contributed by atoms with E-state index in [0.717, 1.165) is 6.42 Å². The van der Waals surface area contributed by atoms with Gasteiger partial charge in [-0.05, 0) is 50.1 Å². The van der Waals surface area contributed by atoms with Crippen molar-refractivity contribution >= 4 is 33.0 Å². The Hall–Kier alpha value is -2.94. The molecule has 9 heteroatoms. The molecule has 0 atom stereocenters. The molecule has 142 valence electrons. The molecular formula is C18H19N3O5S. The lowest BCUT2D eigenvalue weighted by Gasteiger charge is -2.28. The summed E-state index contributed by atoms with van der Waals surface area (Å²) in [6, 6.07) is 10.8. The molecule has 0 aromatic heterocycles. The molecule has 0 unspecified atom stereocenters. The number of amides is 1. The minimum absolute atomic E-state index is 0.117. The minimum Gasteiger partial charge on any atom is -0.322 e. The normalized spacial score (nSPS) is 16.0. The third-order valence-electron chi connectivity index (χ3n) is 4.51. The molecule has 1 fully saturated rings. The molecule has 3 rings (SSSR count). The third kappa shape index (κ3) is 3.92. The highest BCUT2D eigenvalue weighted by Crippen LogP contribution is 2.26. The van der Waals surface area contributed by atoms with Crippen LogP contribution in [0.3, 0.4) is 0 Å². The lowest BCUT2D eigenvalue weighted by Crippen LogP contribution is -2.37. The molecule has 0 radical (unpaired) electrons. The molecular weight excluding hydrogens is 370 g/mol. The number of hydrogen-bond donors (Lipinski definition) is 1. The highest BCUT2D eigenvalue weighted by molar-refractivity contribution is 7.92. The van der Waals surface area contributed by atoms with Crippen LogP contribution in [-0.4, -0.2) is 31.5 Å². The first kappa shape index (κ1) is 18.8. The Kier molecular flexibility index (Phi) is 5.13. The summed E-state index contributed by atoms with van der Waals surface area (Å²) in [7, 11) is -3.29. The predicted molar refractivity (Wildman–Crippen MR) is 103 cm³/mol. The van der Waals surface area contributed by atoms with Gasteiger partial charge in [-0.15, -0.1) is 0 Å². The Bertz CT molecular complexity index is 987. The van der Waals surface area contributed by atoms with Gasteiger partial charge >= 0.3 is 0 Å². The van der Waals surface area contributed by atoms with Crippen LogP contribution >= 0.6 is 0 Å². The van der Waals surface area contributed by atoms with Crippen molar-refractivity contribution in [2.24, 2.45) is 0 Å². The summed E-state index contributed by atoms with van der Waals surface area (Å²) in [5.41, 5.74) is 1.42. The molecule has 2 aromatic rings. The summed E-state index contributed by atoms with van der Waals surface area (Å²) in [6.07, 6.45) is 1.47. The van der Waals surface area contributed by atoms with E-state index in [2.05, 4.69) is 5.32 Å². The largest absolute Gasteiger partial charge is 0.322 e. The summed E-state index contributed by atoms with van der Waals surface area (Å²) >= 11 is 0. The molecule has 1 heterocycles. The van der Waals surface area contributed by atoms with Crippen LogP contribution in [0.25, 0.3) is 0 Å². The summed E-state index contributed by atoms with van der Waals surface area (Å²) < 4.78 is 25.7. The summed E-state index contributed by atoms with van der Waals surface area (Å²) in [6.45, 7) is 1.97. The number of nitro groups is 1. The molecule has 1 N–H and O–H groups in total. The van der Waals surface area contributed by atoms with Crippen LogP contribution in [0.15, 0.2) is 42.5 Å². The Morgan fingerprint density at radius 1 is 1.15 bits per heavy atom. The van der Waals surface area contributed by atoms with Gasteiger partial charge in [0.05, 0.1) is 16.4 Å². The number of nitrogens with one attached hydrogen (secondary N) is 1. The van der Waals surface area contributed by atoms with Crippen molar-refractivity contribution in [2.45, 2.75) is 19.8 Å². The number of hydrogen-bond acceptors (Lipinski definition) is 5. The van der Waals surface area contributed by atoms with Gasteiger partial charge in [0.1, 0.15) is 0 Å². The van der Waals surface area contributed by atoms with Gasteiger partial charge in [0.15, 0.2) is 0 Å². The molecule has 0 spiro atoms. The molecule has 1 amide bonds. The monoisotopic (exact) mass is 389 g/mol. The number of anilines is 2. The first-order valence-electron chi connectivity index (χ1n) is 8.45. The first-order chi connectivity index (χ1) is 12.8. The lowest BCUT2D eigenvalue weighted by atomic mass is 10.1. The quantitative estimate of drug-likeness (QED) is 0.638. The minimum atomic E-state index is -3.29. The Morgan fingerprint density at radius 2 is 1.85 bits per heavy atom. The van der Waals surface area contributed by atoms with E-state index in [9.17, 15) is 23.3 Å². The summed E-state index contributed by atoms with van der Waals surface area (Å²) in [4.78, 5) is 22.9. The van der Waals surface area contributed by atoms with Crippen LogP contribution in [0.2, 0.25) is 0 Å². The van der Waals surface area contributed by atoms with Gasteiger partial charge in [0, 0.05) is 29.4 Å². The second kappa shape index (κ2) is 7.36. The van der Waals surface area contributed by atoms with Crippen molar-refractivity contribution in [3.05, 3.63) is 63.7 Å². The van der Waals surface area contributed by atoms with Crippen molar-refractivity contribution < 1.29 is 18.1 Å². The number of carbonyl (C=O) groups excluding carboxylic acids is 1. The molecule has 27 heavy (non-hydrogen) atoms. The third-order valence-corrected chi connectivity index (χ3v) is 6.38. The lowest BCUT2D eigenvalue weighted by molar-refractivity contribution is -0.385. The van der Waals surface area contributed by atoms with Crippen LogP contribution < -0.4 is 9.62 Å². The van der Waals surface area contributed by atoms with Crippen LogP contribution in [0.4, 0.5) is 17.1 Å². The SMILES string of the molecule is Cc1c(C(=O)Nc2ccc(N3CCCCS3(=O)=O)cc2)cccc1[N+](=O)[O-]. The number of rotatable bonds is 4. The van der Waals surface area contributed by atoms with Crippen LogP contribution in [0, 0.1) is 17.0 Å². The molecule has 0 bridgehead atoms. The number of carbonyl (C=O) groups is 1. The number of nitro benzene ring substituents is 1. The van der Waals surface area contributed by atoms with Crippen molar-refractivity contribution in [3.8, 4) is 0 Å². The van der Waals surface area contributed by atoms with E-state index in [1.807, 2.05) is 0 Å². The Balaban J connectivity index is 1.78. The topological polar surface area (TPSA) is 110 Å². The van der Waals surface area contributed by atoms with E-state index in [-0.39, 0.29) is 22.6 Å². The Labute approximate surface area is 157 Å². The van der Waals surface area contributed by atoms with Crippen molar-refractivity contribution in [1.29, 1.82) is 0 Å². The highest BCUT2D eigenvalue weighted by Gasteiger charge is 2.26. The summed E-state index contributed by atoms with van der Waals surface area (Å²) in [5, 5.41) is 13.7. The predicted octanol–water partition coefficient (Wildman–Crippen LogP) is 3.09. The fraction of sp³-hybridized carbons (Fsp3) is 0.278. The van der Waals surface area contributed by atoms with E-state index in [4.69, 9.17) is 0 Å². The fourth-order valence-corrected chi connectivity index (χ4v) is 4.70. The molecule has 1 aliphatic heterocycles. The van der Waals surface area contributed by atoms with Gasteiger partial charge < -0.3 is 5.32 Å². The molecule has 0 saturated carbocycles. The molecule has 2 aromatic carbocycles. The van der Waals surface area contributed by atoms with Gasteiger partial charge in [0.25, 0.3) is 11.6 Å². The zero-order valence-corrected chi connectivity index (χ0v) is 15.5. The van der Waals surface area contributed by atoms with Crippen LogP contribution in [0.1, 0.15) is 28.8 Å². The molecule has 1 saturated heterocycles. The van der Waals surface area contributed by atoms with Gasteiger partial charge in [-0.1, -0.05) is 6.07 Å². The van der Waals surface area contributed by atoms with E-state index in [0.29, 0.717) is 24.3 Å².